The van der Waals surface area contributed by atoms with E-state index in [1.54, 1.807) is 18.2 Å². The van der Waals surface area contributed by atoms with Gasteiger partial charge in [-0.3, -0.25) is 0 Å². The topological polar surface area (TPSA) is 105 Å². The van der Waals surface area contributed by atoms with E-state index < -0.39 is 6.17 Å². The normalized spacial score (nSPS) is 17.4. The maximum Gasteiger partial charge on any atom is 0.249 e. The Morgan fingerprint density at radius 2 is 2.05 bits per heavy atom. The first-order valence-corrected chi connectivity index (χ1v) is 6.28. The second-order valence-corrected chi connectivity index (χ2v) is 4.82. The molecule has 1 aromatic carbocycles. The molecule has 0 saturated carbocycles. The summed E-state index contributed by atoms with van der Waals surface area (Å²) in [5, 5.41) is 24.1. The Kier molecular flexibility index (Phi) is 3.06. The smallest absolute Gasteiger partial charge is 0.249 e. The lowest BCUT2D eigenvalue weighted by atomic mass is 10.0. The second-order valence-electron chi connectivity index (χ2n) is 4.01. The molecular weight excluding hydrogens is 301 g/mol. The van der Waals surface area contributed by atoms with Crippen LogP contribution in [0.5, 0.6) is 0 Å². The highest BCUT2D eigenvalue weighted by Gasteiger charge is 2.30. The number of nitrogens with one attached hydrogen (secondary N) is 1. The van der Waals surface area contributed by atoms with Crippen LogP contribution in [0.25, 0.3) is 5.70 Å². The number of fused-ring (bicyclic) bond motifs is 1. The molecule has 2 heterocycles. The van der Waals surface area contributed by atoms with Crippen LogP contribution in [0, 0.1) is 11.3 Å². The molecule has 1 atom stereocenters. The minimum atomic E-state index is -0.735. The highest BCUT2D eigenvalue weighted by atomic mass is 35.5. The van der Waals surface area contributed by atoms with Crippen molar-refractivity contribution in [2.45, 2.75) is 6.17 Å². The SMILES string of the molecule is N#CC1=C(c2c(Cl)cccc2Cl)n2nnnc2NC1N. The Bertz CT molecular complexity index is 738. The number of benzene rings is 1. The fourth-order valence-corrected chi connectivity index (χ4v) is 2.56. The summed E-state index contributed by atoms with van der Waals surface area (Å²) in [5.74, 6) is 0.322. The first-order valence-electron chi connectivity index (χ1n) is 5.53. The maximum absolute atomic E-state index is 9.34. The zero-order chi connectivity index (χ0) is 14.3. The molecule has 0 spiro atoms. The van der Waals surface area contributed by atoms with Crippen molar-refractivity contribution >= 4 is 34.8 Å². The van der Waals surface area contributed by atoms with Crippen molar-refractivity contribution in [3.05, 3.63) is 39.4 Å². The lowest BCUT2D eigenvalue weighted by Gasteiger charge is -2.24. The Labute approximate surface area is 123 Å². The molecule has 2 aromatic rings. The zero-order valence-electron chi connectivity index (χ0n) is 9.88. The van der Waals surface area contributed by atoms with Gasteiger partial charge in [0.1, 0.15) is 12.2 Å². The van der Waals surface area contributed by atoms with Crippen LogP contribution in [-0.4, -0.2) is 26.4 Å². The van der Waals surface area contributed by atoms with Crippen LogP contribution in [0.2, 0.25) is 10.0 Å². The lowest BCUT2D eigenvalue weighted by Crippen LogP contribution is -2.37. The number of nitrogens with zero attached hydrogens (tertiary/aromatic N) is 5. The summed E-state index contributed by atoms with van der Waals surface area (Å²) in [6, 6.07) is 7.09. The maximum atomic E-state index is 9.34. The van der Waals surface area contributed by atoms with Crippen molar-refractivity contribution < 1.29 is 0 Å². The van der Waals surface area contributed by atoms with Crippen LogP contribution >= 0.6 is 23.2 Å². The summed E-state index contributed by atoms with van der Waals surface area (Å²) in [6.07, 6.45) is -0.735. The van der Waals surface area contributed by atoms with E-state index in [1.165, 1.54) is 4.68 Å². The quantitative estimate of drug-likeness (QED) is 0.826. The van der Waals surface area contributed by atoms with E-state index in [2.05, 4.69) is 20.8 Å². The fourth-order valence-electron chi connectivity index (χ4n) is 1.99. The molecule has 100 valence electrons. The molecule has 1 aromatic heterocycles. The van der Waals surface area contributed by atoms with Crippen molar-refractivity contribution in [2.75, 3.05) is 5.32 Å². The Morgan fingerprint density at radius 1 is 1.35 bits per heavy atom. The summed E-state index contributed by atoms with van der Waals surface area (Å²) >= 11 is 12.4. The monoisotopic (exact) mass is 307 g/mol. The molecule has 0 amide bonds. The van der Waals surface area contributed by atoms with Gasteiger partial charge in [-0.1, -0.05) is 34.4 Å². The lowest BCUT2D eigenvalue weighted by molar-refractivity contribution is 0.766. The minimum Gasteiger partial charge on any atom is -0.333 e. The van der Waals surface area contributed by atoms with Crippen molar-refractivity contribution in [1.82, 2.24) is 20.2 Å². The molecule has 9 heteroatoms. The Hall–Kier alpha value is -2.14. The molecule has 0 bridgehead atoms. The Morgan fingerprint density at radius 3 is 2.70 bits per heavy atom. The zero-order valence-corrected chi connectivity index (χ0v) is 11.4. The van der Waals surface area contributed by atoms with Gasteiger partial charge < -0.3 is 11.1 Å². The van der Waals surface area contributed by atoms with Gasteiger partial charge in [0.2, 0.25) is 5.95 Å². The number of rotatable bonds is 1. The molecule has 1 aliphatic heterocycles. The van der Waals surface area contributed by atoms with Gasteiger partial charge in [0.25, 0.3) is 0 Å². The number of anilines is 1. The van der Waals surface area contributed by atoms with Gasteiger partial charge in [0.15, 0.2) is 0 Å². The summed E-state index contributed by atoms with van der Waals surface area (Å²) in [6.45, 7) is 0. The summed E-state index contributed by atoms with van der Waals surface area (Å²) in [5.41, 5.74) is 7.01. The van der Waals surface area contributed by atoms with E-state index in [9.17, 15) is 5.26 Å². The van der Waals surface area contributed by atoms with Gasteiger partial charge in [-0.15, -0.1) is 0 Å². The van der Waals surface area contributed by atoms with Gasteiger partial charge in [-0.25, -0.2) is 0 Å². The molecule has 1 aliphatic rings. The highest BCUT2D eigenvalue weighted by molar-refractivity contribution is 6.37. The summed E-state index contributed by atoms with van der Waals surface area (Å²) in [4.78, 5) is 0. The van der Waals surface area contributed by atoms with Crippen LogP contribution in [0.4, 0.5) is 5.95 Å². The third kappa shape index (κ3) is 1.82. The Balaban J connectivity index is 2.37. The largest absolute Gasteiger partial charge is 0.333 e. The predicted octanol–water partition coefficient (Wildman–Crippen LogP) is 1.47. The van der Waals surface area contributed by atoms with Gasteiger partial charge in [-0.2, -0.15) is 9.94 Å². The summed E-state index contributed by atoms with van der Waals surface area (Å²) in [7, 11) is 0. The van der Waals surface area contributed by atoms with Crippen LogP contribution in [0.3, 0.4) is 0 Å². The second kappa shape index (κ2) is 4.76. The molecule has 20 heavy (non-hydrogen) atoms. The van der Waals surface area contributed by atoms with Gasteiger partial charge in [0, 0.05) is 5.56 Å². The molecule has 0 fully saturated rings. The van der Waals surface area contributed by atoms with E-state index >= 15 is 0 Å². The van der Waals surface area contributed by atoms with Crippen LogP contribution in [-0.2, 0) is 0 Å². The van der Waals surface area contributed by atoms with Gasteiger partial charge >= 0.3 is 0 Å². The average molecular weight is 308 g/mol. The number of halogens is 2. The average Bonchev–Trinajstić information content (AvgIpc) is 2.86. The minimum absolute atomic E-state index is 0.250. The molecule has 3 rings (SSSR count). The number of hydrogen-bond donors (Lipinski definition) is 2. The molecule has 3 N–H and O–H groups in total. The summed E-state index contributed by atoms with van der Waals surface area (Å²) < 4.78 is 1.36. The van der Waals surface area contributed by atoms with Crippen molar-refractivity contribution in [1.29, 1.82) is 5.26 Å². The fraction of sp³-hybridized carbons (Fsp3) is 0.0909. The van der Waals surface area contributed by atoms with Crippen LogP contribution in [0.15, 0.2) is 23.8 Å². The van der Waals surface area contributed by atoms with Crippen molar-refractivity contribution in [3.63, 3.8) is 0 Å². The van der Waals surface area contributed by atoms with E-state index in [1.807, 2.05) is 6.07 Å². The number of hydrogen-bond acceptors (Lipinski definition) is 6. The first-order chi connectivity index (χ1) is 9.63. The first kappa shape index (κ1) is 12.9. The number of tetrazole rings is 1. The van der Waals surface area contributed by atoms with Crippen molar-refractivity contribution in [3.8, 4) is 6.07 Å². The third-order valence-corrected chi connectivity index (χ3v) is 3.48. The molecule has 0 saturated heterocycles. The van der Waals surface area contributed by atoms with Gasteiger partial charge in [-0.05, 0) is 22.6 Å². The van der Waals surface area contributed by atoms with E-state index in [-0.39, 0.29) is 5.57 Å². The molecule has 7 nitrogen and oxygen atoms in total. The molecule has 0 radical (unpaired) electrons. The van der Waals surface area contributed by atoms with Crippen molar-refractivity contribution in [2.24, 2.45) is 5.73 Å². The van der Waals surface area contributed by atoms with E-state index in [4.69, 9.17) is 28.9 Å². The number of aromatic nitrogens is 4. The van der Waals surface area contributed by atoms with Gasteiger partial charge in [0.05, 0.1) is 21.3 Å². The predicted molar refractivity (Wildman–Crippen MR) is 73.8 cm³/mol. The molecule has 0 aliphatic carbocycles. The highest BCUT2D eigenvalue weighted by Crippen LogP contribution is 2.36. The van der Waals surface area contributed by atoms with Crippen LogP contribution < -0.4 is 11.1 Å². The standard InChI is InChI=1S/C11H7Cl2N7/c12-6-2-1-3-7(13)8(6)9-5(4-14)10(15)16-11-17-18-19-20(9)11/h1-3,10H,15H2,(H,16,17,19). The molecular formula is C11H7Cl2N7. The molecule has 1 unspecified atom stereocenters. The number of nitrogens with two attached hydrogens (primary N) is 1. The van der Waals surface area contributed by atoms with E-state index in [0.29, 0.717) is 27.3 Å². The van der Waals surface area contributed by atoms with Crippen LogP contribution in [0.1, 0.15) is 5.56 Å². The third-order valence-electron chi connectivity index (χ3n) is 2.85. The number of nitriles is 1. The van der Waals surface area contributed by atoms with E-state index in [0.717, 1.165) is 0 Å².